The number of hydrogen-bond acceptors (Lipinski definition) is 3. The molecule has 1 heterocycles. The molecule has 1 aliphatic heterocycles. The molecule has 1 aromatic carbocycles. The molecule has 0 aromatic heterocycles. The van der Waals surface area contributed by atoms with Crippen molar-refractivity contribution in [2.24, 2.45) is 4.99 Å². The molecular weight excluding hydrogens is 322 g/mol. The minimum absolute atomic E-state index is 0.393. The number of aryl methyl sites for hydroxylation is 1. The summed E-state index contributed by atoms with van der Waals surface area (Å²) in [5.41, 5.74) is 1.39. The lowest BCUT2D eigenvalue weighted by molar-refractivity contribution is 0.107. The largest absolute Gasteiger partial charge is 0.355 e. The van der Waals surface area contributed by atoms with Gasteiger partial charge in [0.05, 0.1) is 0 Å². The van der Waals surface area contributed by atoms with Crippen LogP contribution in [0.3, 0.4) is 0 Å². The highest BCUT2D eigenvalue weighted by Crippen LogP contribution is 2.06. The Morgan fingerprint density at radius 3 is 2.42 bits per heavy atom. The van der Waals surface area contributed by atoms with E-state index in [1.807, 2.05) is 7.05 Å². The number of hydrogen-bond donors (Lipinski definition) is 2. The first-order chi connectivity index (χ1) is 12.6. The van der Waals surface area contributed by atoms with E-state index in [1.54, 1.807) is 0 Å². The highest BCUT2D eigenvalue weighted by molar-refractivity contribution is 5.79. The molecule has 0 bridgehead atoms. The smallest absolute Gasteiger partial charge is 0.191 e. The molecule has 0 saturated carbocycles. The van der Waals surface area contributed by atoms with Crippen molar-refractivity contribution in [2.45, 2.75) is 45.7 Å². The van der Waals surface area contributed by atoms with Gasteiger partial charge in [0.2, 0.25) is 0 Å². The van der Waals surface area contributed by atoms with Gasteiger partial charge in [-0.25, -0.2) is 0 Å². The second-order valence-electron chi connectivity index (χ2n) is 7.34. The molecule has 0 radical (unpaired) electrons. The normalized spacial score (nSPS) is 19.2. The van der Waals surface area contributed by atoms with Crippen LogP contribution in [0.2, 0.25) is 0 Å². The summed E-state index contributed by atoms with van der Waals surface area (Å²) in [5.74, 6) is 0.907. The Morgan fingerprint density at radius 1 is 1.12 bits per heavy atom. The number of piperazine rings is 1. The Bertz CT molecular complexity index is 522. The van der Waals surface area contributed by atoms with E-state index in [-0.39, 0.29) is 0 Å². The number of rotatable bonds is 8. The van der Waals surface area contributed by atoms with Crippen molar-refractivity contribution in [3.05, 3.63) is 35.9 Å². The van der Waals surface area contributed by atoms with Crippen LogP contribution < -0.4 is 10.6 Å². The van der Waals surface area contributed by atoms with Crippen LogP contribution in [-0.2, 0) is 6.42 Å². The molecule has 2 rings (SSSR count). The van der Waals surface area contributed by atoms with Crippen molar-refractivity contribution < 1.29 is 0 Å². The van der Waals surface area contributed by atoms with E-state index < -0.39 is 0 Å². The first kappa shape index (κ1) is 20.7. The van der Waals surface area contributed by atoms with Gasteiger partial charge in [0.1, 0.15) is 0 Å². The third-order valence-corrected chi connectivity index (χ3v) is 5.36. The molecule has 26 heavy (non-hydrogen) atoms. The van der Waals surface area contributed by atoms with Crippen molar-refractivity contribution in [1.29, 1.82) is 0 Å². The first-order valence-corrected chi connectivity index (χ1v) is 10.1. The van der Waals surface area contributed by atoms with E-state index in [0.29, 0.717) is 12.1 Å². The molecule has 1 aromatic rings. The number of guanidine groups is 1. The number of nitrogens with zero attached hydrogens (tertiary/aromatic N) is 3. The zero-order valence-electron chi connectivity index (χ0n) is 17.0. The fourth-order valence-electron chi connectivity index (χ4n) is 3.42. The molecule has 2 unspecified atom stereocenters. The molecule has 1 saturated heterocycles. The van der Waals surface area contributed by atoms with E-state index in [9.17, 15) is 0 Å². The quantitative estimate of drug-likeness (QED) is 0.552. The summed E-state index contributed by atoms with van der Waals surface area (Å²) in [6.07, 6.45) is 2.18. The number of nitrogens with one attached hydrogen (secondary N) is 2. The lowest BCUT2D eigenvalue weighted by Gasteiger charge is -2.37. The lowest BCUT2D eigenvalue weighted by Crippen LogP contribution is -2.53. The number of likely N-dealkylation sites (N-methyl/N-ethyl adjacent to an activating group) is 1. The zero-order chi connectivity index (χ0) is 18.8. The predicted molar refractivity (Wildman–Crippen MR) is 112 cm³/mol. The van der Waals surface area contributed by atoms with Crippen LogP contribution in [0.15, 0.2) is 35.3 Å². The molecule has 1 aliphatic rings. The summed E-state index contributed by atoms with van der Waals surface area (Å²) in [6, 6.07) is 11.6. The average molecular weight is 360 g/mol. The van der Waals surface area contributed by atoms with Crippen molar-refractivity contribution >= 4 is 5.96 Å². The van der Waals surface area contributed by atoms with Crippen LogP contribution >= 0.6 is 0 Å². The Morgan fingerprint density at radius 2 is 1.81 bits per heavy atom. The standard InChI is InChI=1S/C21H37N5/c1-5-25-13-15-26(16-14-25)19(3)17-23-21(22-4)24-18(2)11-12-20-9-7-6-8-10-20/h6-10,18-19H,5,11-17H2,1-4H3,(H2,22,23,24). The van der Waals surface area contributed by atoms with E-state index in [1.165, 1.54) is 18.7 Å². The van der Waals surface area contributed by atoms with Gasteiger partial charge >= 0.3 is 0 Å². The topological polar surface area (TPSA) is 42.9 Å². The SMILES string of the molecule is CCN1CCN(C(C)CNC(=NC)NC(C)CCc2ccccc2)CC1. The Kier molecular flexibility index (Phi) is 8.92. The van der Waals surface area contributed by atoms with E-state index in [2.05, 4.69) is 76.5 Å². The van der Waals surface area contributed by atoms with Gasteiger partial charge in [0.25, 0.3) is 0 Å². The van der Waals surface area contributed by atoms with Crippen molar-refractivity contribution in [2.75, 3.05) is 46.3 Å². The molecule has 0 amide bonds. The molecule has 1 fully saturated rings. The molecule has 0 aliphatic carbocycles. The third kappa shape index (κ3) is 6.96. The Balaban J connectivity index is 1.68. The summed E-state index contributed by atoms with van der Waals surface area (Å²) in [6.45, 7) is 13.6. The minimum Gasteiger partial charge on any atom is -0.355 e. The fraction of sp³-hybridized carbons (Fsp3) is 0.667. The fourth-order valence-corrected chi connectivity index (χ4v) is 3.42. The Hall–Kier alpha value is -1.59. The van der Waals surface area contributed by atoms with Crippen LogP contribution in [-0.4, -0.2) is 74.2 Å². The van der Waals surface area contributed by atoms with Crippen molar-refractivity contribution in [1.82, 2.24) is 20.4 Å². The minimum atomic E-state index is 0.393. The van der Waals surface area contributed by atoms with Crippen molar-refractivity contribution in [3.63, 3.8) is 0 Å². The first-order valence-electron chi connectivity index (χ1n) is 10.1. The summed E-state index contributed by atoms with van der Waals surface area (Å²) in [7, 11) is 1.85. The zero-order valence-corrected chi connectivity index (χ0v) is 17.0. The molecule has 2 atom stereocenters. The summed E-state index contributed by atoms with van der Waals surface area (Å²) in [4.78, 5) is 9.49. The van der Waals surface area contributed by atoms with Crippen molar-refractivity contribution in [3.8, 4) is 0 Å². The summed E-state index contributed by atoms with van der Waals surface area (Å²) in [5, 5.41) is 7.03. The molecule has 2 N–H and O–H groups in total. The van der Waals surface area contributed by atoms with Gasteiger partial charge in [-0.1, -0.05) is 37.3 Å². The lowest BCUT2D eigenvalue weighted by atomic mass is 10.1. The maximum atomic E-state index is 4.39. The van der Waals surface area contributed by atoms with Gasteiger partial charge in [0.15, 0.2) is 5.96 Å². The van der Waals surface area contributed by atoms with Gasteiger partial charge in [0, 0.05) is 51.9 Å². The van der Waals surface area contributed by atoms with E-state index >= 15 is 0 Å². The number of aliphatic imine (C=N–C) groups is 1. The van der Waals surface area contributed by atoms with Gasteiger partial charge in [-0.3, -0.25) is 9.89 Å². The maximum Gasteiger partial charge on any atom is 0.191 e. The monoisotopic (exact) mass is 359 g/mol. The number of benzene rings is 1. The van der Waals surface area contributed by atoms with Crippen LogP contribution in [0, 0.1) is 0 Å². The van der Waals surface area contributed by atoms with Gasteiger partial charge in [-0.05, 0) is 38.8 Å². The highest BCUT2D eigenvalue weighted by Gasteiger charge is 2.20. The van der Waals surface area contributed by atoms with E-state index in [4.69, 9.17) is 0 Å². The van der Waals surface area contributed by atoms with Crippen LogP contribution in [0.1, 0.15) is 32.8 Å². The molecular formula is C21H37N5. The average Bonchev–Trinajstić information content (AvgIpc) is 2.70. The Labute approximate surface area is 159 Å². The molecule has 0 spiro atoms. The third-order valence-electron chi connectivity index (χ3n) is 5.36. The molecule has 5 nitrogen and oxygen atoms in total. The second kappa shape index (κ2) is 11.2. The van der Waals surface area contributed by atoms with Crippen LogP contribution in [0.4, 0.5) is 0 Å². The predicted octanol–water partition coefficient (Wildman–Crippen LogP) is 2.20. The molecule has 146 valence electrons. The van der Waals surface area contributed by atoms with E-state index in [0.717, 1.165) is 45.0 Å². The highest BCUT2D eigenvalue weighted by atomic mass is 15.3. The molecule has 5 heteroatoms. The van der Waals surface area contributed by atoms with Gasteiger partial charge in [-0.15, -0.1) is 0 Å². The van der Waals surface area contributed by atoms with Crippen LogP contribution in [0.5, 0.6) is 0 Å². The summed E-state index contributed by atoms with van der Waals surface area (Å²) < 4.78 is 0. The van der Waals surface area contributed by atoms with Crippen LogP contribution in [0.25, 0.3) is 0 Å². The maximum absolute atomic E-state index is 4.39. The summed E-state index contributed by atoms with van der Waals surface area (Å²) >= 11 is 0. The second-order valence-corrected chi connectivity index (χ2v) is 7.34. The van der Waals surface area contributed by atoms with Gasteiger partial charge in [-0.2, -0.15) is 0 Å². The van der Waals surface area contributed by atoms with Gasteiger partial charge < -0.3 is 15.5 Å².